The van der Waals surface area contributed by atoms with Crippen molar-refractivity contribution >= 4 is 38.8 Å². The molecular formula is C25H31N3O4S2. The SMILES string of the molecule is CC(C)(C)OC(=O)Cn1c(SCCCN(C2CC2)S(=O)(=O)c2ccccc2)nc2ccccc21. The molecule has 0 radical (unpaired) electrons. The van der Waals surface area contributed by atoms with Gasteiger partial charge in [-0.1, -0.05) is 42.1 Å². The van der Waals surface area contributed by atoms with Gasteiger partial charge in [0.25, 0.3) is 0 Å². The summed E-state index contributed by atoms with van der Waals surface area (Å²) in [6.07, 6.45) is 2.50. The van der Waals surface area contributed by atoms with Crippen molar-refractivity contribution in [2.45, 2.75) is 68.3 Å². The van der Waals surface area contributed by atoms with Gasteiger partial charge in [0.15, 0.2) is 5.16 Å². The first-order valence-electron chi connectivity index (χ1n) is 11.5. The van der Waals surface area contributed by atoms with Crippen LogP contribution in [0.4, 0.5) is 0 Å². The molecule has 1 heterocycles. The van der Waals surface area contributed by atoms with Crippen molar-refractivity contribution in [3.05, 3.63) is 54.6 Å². The monoisotopic (exact) mass is 501 g/mol. The van der Waals surface area contributed by atoms with E-state index in [2.05, 4.69) is 0 Å². The summed E-state index contributed by atoms with van der Waals surface area (Å²) in [5.41, 5.74) is 1.14. The number of hydrogen-bond acceptors (Lipinski definition) is 6. The van der Waals surface area contributed by atoms with Crippen LogP contribution in [0, 0.1) is 0 Å². The molecule has 0 bridgehead atoms. The number of sulfonamides is 1. The lowest BCUT2D eigenvalue weighted by Gasteiger charge is -2.22. The van der Waals surface area contributed by atoms with Crippen LogP contribution in [-0.4, -0.2) is 52.2 Å². The Morgan fingerprint density at radius 1 is 1.12 bits per heavy atom. The molecule has 0 unspecified atom stereocenters. The van der Waals surface area contributed by atoms with Crippen LogP contribution in [0.2, 0.25) is 0 Å². The molecule has 0 saturated heterocycles. The predicted molar refractivity (Wildman–Crippen MR) is 134 cm³/mol. The quantitative estimate of drug-likeness (QED) is 0.227. The third-order valence-corrected chi connectivity index (χ3v) is 8.41. The first-order chi connectivity index (χ1) is 16.1. The highest BCUT2D eigenvalue weighted by Crippen LogP contribution is 2.33. The number of fused-ring (bicyclic) bond motifs is 1. The maximum Gasteiger partial charge on any atom is 0.326 e. The van der Waals surface area contributed by atoms with Crippen molar-refractivity contribution in [2.24, 2.45) is 0 Å². The van der Waals surface area contributed by atoms with Gasteiger partial charge in [-0.25, -0.2) is 13.4 Å². The molecule has 0 amide bonds. The number of imidazole rings is 1. The van der Waals surface area contributed by atoms with Crippen LogP contribution < -0.4 is 0 Å². The third kappa shape index (κ3) is 6.00. The minimum Gasteiger partial charge on any atom is -0.459 e. The van der Waals surface area contributed by atoms with Gasteiger partial charge in [0.1, 0.15) is 12.1 Å². The number of para-hydroxylation sites is 2. The first-order valence-corrected chi connectivity index (χ1v) is 13.9. The lowest BCUT2D eigenvalue weighted by atomic mass is 10.2. The molecule has 7 nitrogen and oxygen atoms in total. The van der Waals surface area contributed by atoms with E-state index in [1.807, 2.05) is 55.7 Å². The smallest absolute Gasteiger partial charge is 0.326 e. The van der Waals surface area contributed by atoms with E-state index in [0.29, 0.717) is 23.6 Å². The average molecular weight is 502 g/mol. The fourth-order valence-corrected chi connectivity index (χ4v) is 6.47. The van der Waals surface area contributed by atoms with Gasteiger partial charge in [-0.05, 0) is 64.3 Å². The van der Waals surface area contributed by atoms with Crippen LogP contribution in [0.5, 0.6) is 0 Å². The van der Waals surface area contributed by atoms with E-state index in [4.69, 9.17) is 9.72 Å². The number of esters is 1. The summed E-state index contributed by atoms with van der Waals surface area (Å²) in [7, 11) is -3.50. The second-order valence-electron chi connectivity index (χ2n) is 9.42. The van der Waals surface area contributed by atoms with Crippen LogP contribution in [0.1, 0.15) is 40.0 Å². The Morgan fingerprint density at radius 3 is 2.47 bits per heavy atom. The van der Waals surface area contributed by atoms with Crippen molar-refractivity contribution in [1.82, 2.24) is 13.9 Å². The molecule has 1 saturated carbocycles. The Labute approximate surface area is 205 Å². The zero-order valence-electron chi connectivity index (χ0n) is 19.8. The molecule has 1 aliphatic carbocycles. The molecule has 34 heavy (non-hydrogen) atoms. The Hall–Kier alpha value is -2.36. The summed E-state index contributed by atoms with van der Waals surface area (Å²) in [6.45, 7) is 6.09. The van der Waals surface area contributed by atoms with Gasteiger partial charge in [0, 0.05) is 18.3 Å². The van der Waals surface area contributed by atoms with Crippen molar-refractivity contribution in [3.63, 3.8) is 0 Å². The number of aromatic nitrogens is 2. The first kappa shape index (κ1) is 24.8. The van der Waals surface area contributed by atoms with E-state index in [-0.39, 0.29) is 18.6 Å². The number of thioether (sulfide) groups is 1. The normalized spacial score (nSPS) is 14.6. The molecule has 0 spiro atoms. The van der Waals surface area contributed by atoms with Gasteiger partial charge in [0.2, 0.25) is 10.0 Å². The Bertz CT molecular complexity index is 1250. The number of hydrogen-bond donors (Lipinski definition) is 0. The van der Waals surface area contributed by atoms with Crippen LogP contribution in [0.15, 0.2) is 64.6 Å². The number of ether oxygens (including phenoxy) is 1. The standard InChI is InChI=1S/C25H31N3O4S2/c1-25(2,3)32-23(29)18-27-22-13-8-7-12-21(22)26-24(27)33-17-9-16-28(19-14-15-19)34(30,31)20-10-5-4-6-11-20/h4-8,10-13,19H,9,14-18H2,1-3H3. The molecule has 2 aromatic carbocycles. The molecule has 1 aromatic heterocycles. The summed E-state index contributed by atoms with van der Waals surface area (Å²) in [5, 5.41) is 0.732. The van der Waals surface area contributed by atoms with E-state index >= 15 is 0 Å². The fourth-order valence-electron chi connectivity index (χ4n) is 3.79. The second-order valence-corrected chi connectivity index (χ2v) is 12.4. The van der Waals surface area contributed by atoms with Gasteiger partial charge in [-0.3, -0.25) is 4.79 Å². The predicted octanol–water partition coefficient (Wildman–Crippen LogP) is 4.71. The maximum atomic E-state index is 13.1. The lowest BCUT2D eigenvalue weighted by molar-refractivity contribution is -0.155. The number of carbonyl (C=O) groups excluding carboxylic acids is 1. The van der Waals surface area contributed by atoms with E-state index in [1.165, 1.54) is 11.8 Å². The van der Waals surface area contributed by atoms with Crippen LogP contribution in [0.25, 0.3) is 11.0 Å². The van der Waals surface area contributed by atoms with Crippen LogP contribution in [-0.2, 0) is 26.1 Å². The molecule has 0 aliphatic heterocycles. The summed E-state index contributed by atoms with van der Waals surface area (Å²) < 4.78 is 35.3. The third-order valence-electron chi connectivity index (χ3n) is 5.38. The summed E-state index contributed by atoms with van der Waals surface area (Å²) in [4.78, 5) is 17.6. The zero-order valence-corrected chi connectivity index (χ0v) is 21.4. The van der Waals surface area contributed by atoms with Gasteiger partial charge < -0.3 is 9.30 Å². The highest BCUT2D eigenvalue weighted by molar-refractivity contribution is 7.99. The van der Waals surface area contributed by atoms with Crippen molar-refractivity contribution in [1.29, 1.82) is 0 Å². The van der Waals surface area contributed by atoms with Gasteiger partial charge >= 0.3 is 5.97 Å². The van der Waals surface area contributed by atoms with Crippen LogP contribution in [0.3, 0.4) is 0 Å². The van der Waals surface area contributed by atoms with Crippen molar-refractivity contribution in [3.8, 4) is 0 Å². The largest absolute Gasteiger partial charge is 0.459 e. The molecule has 9 heteroatoms. The minimum absolute atomic E-state index is 0.0801. The highest BCUT2D eigenvalue weighted by Gasteiger charge is 2.37. The molecule has 0 N–H and O–H groups in total. The minimum atomic E-state index is -3.50. The van der Waals surface area contributed by atoms with Crippen molar-refractivity contribution < 1.29 is 17.9 Å². The fraction of sp³-hybridized carbons (Fsp3) is 0.440. The Morgan fingerprint density at radius 2 is 1.79 bits per heavy atom. The van der Waals surface area contributed by atoms with Crippen LogP contribution >= 0.6 is 11.8 Å². The Kier molecular flexibility index (Phi) is 7.35. The molecule has 1 aliphatic rings. The molecule has 0 atom stereocenters. The molecule has 4 rings (SSSR count). The van der Waals surface area contributed by atoms with E-state index in [0.717, 1.165) is 29.0 Å². The molecule has 1 fully saturated rings. The van der Waals surface area contributed by atoms with Gasteiger partial charge in [-0.2, -0.15) is 4.31 Å². The molecular weight excluding hydrogens is 470 g/mol. The van der Waals surface area contributed by atoms with E-state index < -0.39 is 15.6 Å². The van der Waals surface area contributed by atoms with Gasteiger partial charge in [0.05, 0.1) is 15.9 Å². The maximum absolute atomic E-state index is 13.1. The second kappa shape index (κ2) is 10.1. The number of benzene rings is 2. The topological polar surface area (TPSA) is 81.5 Å². The van der Waals surface area contributed by atoms with Crippen molar-refractivity contribution in [2.75, 3.05) is 12.3 Å². The number of carbonyl (C=O) groups is 1. The van der Waals surface area contributed by atoms with E-state index in [1.54, 1.807) is 28.6 Å². The molecule has 3 aromatic rings. The van der Waals surface area contributed by atoms with Gasteiger partial charge in [-0.15, -0.1) is 0 Å². The summed E-state index contributed by atoms with van der Waals surface area (Å²) in [5.74, 6) is 0.372. The Balaban J connectivity index is 1.44. The highest BCUT2D eigenvalue weighted by atomic mass is 32.2. The molecule has 182 valence electrons. The zero-order chi connectivity index (χ0) is 24.3. The number of nitrogens with zero attached hydrogens (tertiary/aromatic N) is 3. The van der Waals surface area contributed by atoms with E-state index in [9.17, 15) is 13.2 Å². The lowest BCUT2D eigenvalue weighted by Crippen LogP contribution is -2.34. The summed E-state index contributed by atoms with van der Waals surface area (Å²) in [6, 6.07) is 16.4. The average Bonchev–Trinajstić information content (AvgIpc) is 3.56. The number of rotatable bonds is 10. The summed E-state index contributed by atoms with van der Waals surface area (Å²) >= 11 is 1.54.